The Hall–Kier alpha value is -1.98. The van der Waals surface area contributed by atoms with Crippen molar-refractivity contribution in [2.24, 2.45) is 5.92 Å². The number of amides is 1. The molecule has 22 heavy (non-hydrogen) atoms. The Morgan fingerprint density at radius 2 is 1.95 bits per heavy atom. The summed E-state index contributed by atoms with van der Waals surface area (Å²) in [6.07, 6.45) is 1.97. The Bertz CT molecular complexity index is 542. The first-order valence-electron chi connectivity index (χ1n) is 7.40. The normalized spacial score (nSPS) is 18.3. The van der Waals surface area contributed by atoms with Crippen LogP contribution in [0.25, 0.3) is 0 Å². The number of nitrogens with zero attached hydrogens (tertiary/aromatic N) is 1. The first kappa shape index (κ1) is 16.4. The summed E-state index contributed by atoms with van der Waals surface area (Å²) in [5, 5.41) is 8.71. The van der Waals surface area contributed by atoms with E-state index in [9.17, 15) is 18.4 Å². The zero-order valence-corrected chi connectivity index (χ0v) is 12.2. The Morgan fingerprint density at radius 3 is 2.59 bits per heavy atom. The average Bonchev–Trinajstić information content (AvgIpc) is 2.49. The number of carbonyl (C=O) groups excluding carboxylic acids is 1. The lowest BCUT2D eigenvalue weighted by atomic mass is 9.93. The number of carboxylic acids is 1. The molecule has 1 atom stereocenters. The van der Waals surface area contributed by atoms with E-state index in [-0.39, 0.29) is 30.2 Å². The quantitative estimate of drug-likeness (QED) is 0.909. The highest BCUT2D eigenvalue weighted by molar-refractivity contribution is 5.79. The molecule has 1 aromatic carbocycles. The van der Waals surface area contributed by atoms with Gasteiger partial charge in [-0.1, -0.05) is 6.07 Å². The summed E-state index contributed by atoms with van der Waals surface area (Å²) >= 11 is 0. The van der Waals surface area contributed by atoms with Crippen LogP contribution in [0.1, 0.15) is 31.2 Å². The van der Waals surface area contributed by atoms with Crippen molar-refractivity contribution >= 4 is 11.9 Å². The third-order valence-electron chi connectivity index (χ3n) is 4.03. The lowest BCUT2D eigenvalue weighted by Crippen LogP contribution is -2.41. The van der Waals surface area contributed by atoms with Gasteiger partial charge in [0, 0.05) is 25.1 Å². The Kier molecular flexibility index (Phi) is 5.46. The van der Waals surface area contributed by atoms with Crippen molar-refractivity contribution in [1.82, 2.24) is 4.90 Å². The number of hydrogen-bond donors (Lipinski definition) is 1. The Balaban J connectivity index is 1.96. The Labute approximate surface area is 127 Å². The molecule has 4 nitrogen and oxygen atoms in total. The maximum absolute atomic E-state index is 13.6. The van der Waals surface area contributed by atoms with E-state index in [1.54, 1.807) is 4.90 Å². The topological polar surface area (TPSA) is 57.6 Å². The van der Waals surface area contributed by atoms with Gasteiger partial charge in [0.2, 0.25) is 5.91 Å². The summed E-state index contributed by atoms with van der Waals surface area (Å²) in [4.78, 5) is 24.4. The van der Waals surface area contributed by atoms with E-state index in [0.29, 0.717) is 19.5 Å². The first-order chi connectivity index (χ1) is 10.5. The predicted octanol–water partition coefficient (Wildman–Crippen LogP) is 2.61. The van der Waals surface area contributed by atoms with Crippen molar-refractivity contribution in [3.63, 3.8) is 0 Å². The van der Waals surface area contributed by atoms with E-state index >= 15 is 0 Å². The molecule has 0 bridgehead atoms. The van der Waals surface area contributed by atoms with Crippen LogP contribution in [-0.2, 0) is 16.0 Å². The summed E-state index contributed by atoms with van der Waals surface area (Å²) in [5.41, 5.74) is -0.208. The molecule has 6 heteroatoms. The van der Waals surface area contributed by atoms with Gasteiger partial charge in [0.1, 0.15) is 11.6 Å². The number of likely N-dealkylation sites (tertiary alicyclic amines) is 1. The number of rotatable bonds is 5. The van der Waals surface area contributed by atoms with Gasteiger partial charge in [0.05, 0.1) is 6.42 Å². The highest BCUT2D eigenvalue weighted by Crippen LogP contribution is 2.22. The van der Waals surface area contributed by atoms with Crippen molar-refractivity contribution in [3.05, 3.63) is 35.4 Å². The Morgan fingerprint density at radius 1 is 1.27 bits per heavy atom. The fraction of sp³-hybridized carbons (Fsp3) is 0.500. The van der Waals surface area contributed by atoms with Gasteiger partial charge in [-0.05, 0) is 37.3 Å². The number of piperidine rings is 1. The van der Waals surface area contributed by atoms with Crippen LogP contribution in [0.4, 0.5) is 8.78 Å². The third-order valence-corrected chi connectivity index (χ3v) is 4.03. The average molecular weight is 311 g/mol. The molecule has 1 fully saturated rings. The molecule has 0 spiro atoms. The maximum atomic E-state index is 13.6. The van der Waals surface area contributed by atoms with Crippen LogP contribution in [-0.4, -0.2) is 35.0 Å². The van der Waals surface area contributed by atoms with E-state index < -0.39 is 17.6 Å². The van der Waals surface area contributed by atoms with E-state index in [2.05, 4.69) is 0 Å². The van der Waals surface area contributed by atoms with Gasteiger partial charge in [0.25, 0.3) is 0 Å². The van der Waals surface area contributed by atoms with E-state index in [4.69, 9.17) is 5.11 Å². The maximum Gasteiger partial charge on any atom is 0.303 e. The molecular formula is C16H19F2NO3. The number of carbonyl (C=O) groups is 2. The smallest absolute Gasteiger partial charge is 0.303 e. The third kappa shape index (κ3) is 4.26. The van der Waals surface area contributed by atoms with Gasteiger partial charge < -0.3 is 10.0 Å². The van der Waals surface area contributed by atoms with Crippen LogP contribution in [0.3, 0.4) is 0 Å². The molecule has 2 rings (SSSR count). The molecule has 0 saturated carbocycles. The van der Waals surface area contributed by atoms with Crippen LogP contribution in [0, 0.1) is 17.6 Å². The van der Waals surface area contributed by atoms with Crippen molar-refractivity contribution < 1.29 is 23.5 Å². The predicted molar refractivity (Wildman–Crippen MR) is 76.2 cm³/mol. The minimum absolute atomic E-state index is 0.0780. The molecular weight excluding hydrogens is 292 g/mol. The highest BCUT2D eigenvalue weighted by Gasteiger charge is 2.25. The SMILES string of the molecule is O=C(O)CC[C@H]1CCCN(C(=O)Cc2c(F)cccc2F)C1. The summed E-state index contributed by atoms with van der Waals surface area (Å²) in [7, 11) is 0. The highest BCUT2D eigenvalue weighted by atomic mass is 19.1. The van der Waals surface area contributed by atoms with Crippen molar-refractivity contribution in [2.45, 2.75) is 32.1 Å². The number of carboxylic acid groups (broad SMARTS) is 1. The molecule has 0 aromatic heterocycles. The molecule has 1 amide bonds. The zero-order chi connectivity index (χ0) is 16.1. The van der Waals surface area contributed by atoms with Crippen LogP contribution in [0.2, 0.25) is 0 Å². The molecule has 1 N–H and O–H groups in total. The van der Waals surface area contributed by atoms with E-state index in [1.807, 2.05) is 0 Å². The lowest BCUT2D eigenvalue weighted by Gasteiger charge is -2.32. The second-order valence-corrected chi connectivity index (χ2v) is 5.66. The van der Waals surface area contributed by atoms with Gasteiger partial charge in [0.15, 0.2) is 0 Å². The molecule has 0 aliphatic carbocycles. The minimum atomic E-state index is -0.850. The van der Waals surface area contributed by atoms with Gasteiger partial charge in [-0.15, -0.1) is 0 Å². The summed E-state index contributed by atoms with van der Waals surface area (Å²) < 4.78 is 27.2. The van der Waals surface area contributed by atoms with Gasteiger partial charge in [-0.3, -0.25) is 9.59 Å². The van der Waals surface area contributed by atoms with Crippen LogP contribution >= 0.6 is 0 Å². The lowest BCUT2D eigenvalue weighted by molar-refractivity contribution is -0.137. The summed E-state index contributed by atoms with van der Waals surface area (Å²) in [6.45, 7) is 1.01. The first-order valence-corrected chi connectivity index (χ1v) is 7.40. The zero-order valence-electron chi connectivity index (χ0n) is 12.2. The molecule has 0 unspecified atom stereocenters. The van der Waals surface area contributed by atoms with E-state index in [0.717, 1.165) is 25.0 Å². The number of aliphatic carboxylic acids is 1. The molecule has 1 aliphatic rings. The second-order valence-electron chi connectivity index (χ2n) is 5.66. The van der Waals surface area contributed by atoms with Crippen molar-refractivity contribution in [1.29, 1.82) is 0 Å². The van der Waals surface area contributed by atoms with Crippen LogP contribution in [0.5, 0.6) is 0 Å². The fourth-order valence-corrected chi connectivity index (χ4v) is 2.82. The molecule has 1 aromatic rings. The summed E-state index contributed by atoms with van der Waals surface area (Å²) in [5.74, 6) is -2.46. The number of halogens is 2. The summed E-state index contributed by atoms with van der Waals surface area (Å²) in [6, 6.07) is 3.54. The molecule has 1 heterocycles. The van der Waals surface area contributed by atoms with Crippen molar-refractivity contribution in [3.8, 4) is 0 Å². The van der Waals surface area contributed by atoms with Gasteiger partial charge in [-0.2, -0.15) is 0 Å². The molecule has 1 aliphatic heterocycles. The van der Waals surface area contributed by atoms with Crippen LogP contribution < -0.4 is 0 Å². The monoisotopic (exact) mass is 311 g/mol. The second kappa shape index (κ2) is 7.33. The largest absolute Gasteiger partial charge is 0.481 e. The van der Waals surface area contributed by atoms with Gasteiger partial charge in [-0.25, -0.2) is 8.78 Å². The van der Waals surface area contributed by atoms with Crippen LogP contribution in [0.15, 0.2) is 18.2 Å². The van der Waals surface area contributed by atoms with Gasteiger partial charge >= 0.3 is 5.97 Å². The molecule has 120 valence electrons. The molecule has 1 saturated heterocycles. The number of hydrogen-bond acceptors (Lipinski definition) is 2. The standard InChI is InChI=1S/C16H19F2NO3/c17-13-4-1-5-14(18)12(13)9-15(20)19-8-2-3-11(10-19)6-7-16(21)22/h1,4-5,11H,2-3,6-10H2,(H,21,22)/t11-/m1/s1. The molecule has 0 radical (unpaired) electrons. The minimum Gasteiger partial charge on any atom is -0.481 e. The number of benzene rings is 1. The van der Waals surface area contributed by atoms with E-state index in [1.165, 1.54) is 6.07 Å². The fourth-order valence-electron chi connectivity index (χ4n) is 2.82. The van der Waals surface area contributed by atoms with Crippen molar-refractivity contribution in [2.75, 3.05) is 13.1 Å².